The Morgan fingerprint density at radius 1 is 1.15 bits per heavy atom. The fourth-order valence-corrected chi connectivity index (χ4v) is 2.29. The van der Waals surface area contributed by atoms with Crippen molar-refractivity contribution in [2.75, 3.05) is 6.54 Å². The number of nitrogens with one attached hydrogen (secondary N) is 1. The highest BCUT2D eigenvalue weighted by Crippen LogP contribution is 2.18. The van der Waals surface area contributed by atoms with Crippen LogP contribution in [0.5, 0.6) is 0 Å². The zero-order valence-corrected chi connectivity index (χ0v) is 12.7. The van der Waals surface area contributed by atoms with E-state index in [4.69, 9.17) is 0 Å². The van der Waals surface area contributed by atoms with Gasteiger partial charge in [-0.25, -0.2) is 0 Å². The third-order valence-electron chi connectivity index (χ3n) is 3.45. The molecule has 1 N–H and O–H groups in total. The lowest BCUT2D eigenvalue weighted by Crippen LogP contribution is -2.24. The van der Waals surface area contributed by atoms with Crippen molar-refractivity contribution >= 4 is 0 Å². The summed E-state index contributed by atoms with van der Waals surface area (Å²) in [5.41, 5.74) is 2.48. The summed E-state index contributed by atoms with van der Waals surface area (Å²) in [6, 6.07) is 13.5. The molecule has 108 valence electrons. The van der Waals surface area contributed by atoms with Crippen molar-refractivity contribution in [3.05, 3.63) is 53.9 Å². The van der Waals surface area contributed by atoms with Gasteiger partial charge in [-0.1, -0.05) is 37.3 Å². The zero-order valence-electron chi connectivity index (χ0n) is 12.7. The highest BCUT2D eigenvalue weighted by Gasteiger charge is 2.13. The molecule has 0 aliphatic rings. The molecule has 1 aromatic carbocycles. The molecule has 20 heavy (non-hydrogen) atoms. The molecular weight excluding hydrogens is 246 g/mol. The first-order valence-electron chi connectivity index (χ1n) is 7.53. The van der Waals surface area contributed by atoms with E-state index in [1.807, 2.05) is 4.68 Å². The SMILES string of the molecule is CCCNC(Cc1ccn(C(C)C)n1)c1ccccc1. The molecular formula is C17H25N3. The van der Waals surface area contributed by atoms with Gasteiger partial charge >= 0.3 is 0 Å². The van der Waals surface area contributed by atoms with E-state index in [9.17, 15) is 0 Å². The maximum atomic E-state index is 4.66. The first-order valence-corrected chi connectivity index (χ1v) is 7.53. The first-order chi connectivity index (χ1) is 9.70. The molecule has 0 saturated carbocycles. The van der Waals surface area contributed by atoms with Crippen LogP contribution in [0.4, 0.5) is 0 Å². The summed E-state index contributed by atoms with van der Waals surface area (Å²) in [7, 11) is 0. The lowest BCUT2D eigenvalue weighted by atomic mass is 10.0. The molecule has 1 unspecified atom stereocenters. The van der Waals surface area contributed by atoms with Crippen LogP contribution in [0.15, 0.2) is 42.6 Å². The van der Waals surface area contributed by atoms with Crippen LogP contribution in [-0.2, 0) is 6.42 Å². The summed E-state index contributed by atoms with van der Waals surface area (Å²) >= 11 is 0. The minimum atomic E-state index is 0.340. The first kappa shape index (κ1) is 14.8. The van der Waals surface area contributed by atoms with E-state index in [1.165, 1.54) is 5.56 Å². The van der Waals surface area contributed by atoms with E-state index in [2.05, 4.69) is 73.8 Å². The molecule has 0 aliphatic heterocycles. The maximum absolute atomic E-state index is 4.66. The number of aromatic nitrogens is 2. The van der Waals surface area contributed by atoms with Crippen LogP contribution in [0.1, 0.15) is 50.5 Å². The Balaban J connectivity index is 2.10. The molecule has 2 rings (SSSR count). The normalized spacial score (nSPS) is 12.8. The number of hydrogen-bond acceptors (Lipinski definition) is 2. The van der Waals surface area contributed by atoms with Crippen LogP contribution in [0.2, 0.25) is 0 Å². The molecule has 0 amide bonds. The Morgan fingerprint density at radius 2 is 1.90 bits per heavy atom. The van der Waals surface area contributed by atoms with Gasteiger partial charge in [-0.3, -0.25) is 4.68 Å². The van der Waals surface area contributed by atoms with E-state index < -0.39 is 0 Å². The third-order valence-corrected chi connectivity index (χ3v) is 3.45. The van der Waals surface area contributed by atoms with E-state index >= 15 is 0 Å². The van der Waals surface area contributed by atoms with Crippen molar-refractivity contribution in [2.24, 2.45) is 0 Å². The van der Waals surface area contributed by atoms with Crippen molar-refractivity contribution in [1.82, 2.24) is 15.1 Å². The predicted octanol–water partition coefficient (Wildman–Crippen LogP) is 3.75. The molecule has 0 saturated heterocycles. The van der Waals surface area contributed by atoms with Crippen LogP contribution in [0.25, 0.3) is 0 Å². The summed E-state index contributed by atoms with van der Waals surface area (Å²) in [5, 5.41) is 8.28. The number of nitrogens with zero attached hydrogens (tertiary/aromatic N) is 2. The van der Waals surface area contributed by atoms with Crippen LogP contribution < -0.4 is 5.32 Å². The second kappa shape index (κ2) is 7.25. The van der Waals surface area contributed by atoms with Crippen molar-refractivity contribution in [1.29, 1.82) is 0 Å². The highest BCUT2D eigenvalue weighted by molar-refractivity contribution is 5.21. The van der Waals surface area contributed by atoms with Gasteiger partial charge < -0.3 is 5.32 Å². The number of rotatable bonds is 7. The number of benzene rings is 1. The average Bonchev–Trinajstić information content (AvgIpc) is 2.93. The van der Waals surface area contributed by atoms with Gasteiger partial charge in [-0.2, -0.15) is 5.10 Å². The molecule has 0 radical (unpaired) electrons. The van der Waals surface area contributed by atoms with Crippen LogP contribution in [0.3, 0.4) is 0 Å². The molecule has 0 bridgehead atoms. The van der Waals surface area contributed by atoms with Crippen LogP contribution in [-0.4, -0.2) is 16.3 Å². The standard InChI is InChI=1S/C17H25N3/c1-4-11-18-17(15-8-6-5-7-9-15)13-16-10-12-20(19-16)14(2)3/h5-10,12,14,17-18H,4,11,13H2,1-3H3. The van der Waals surface area contributed by atoms with Crippen molar-refractivity contribution in [3.63, 3.8) is 0 Å². The van der Waals surface area contributed by atoms with E-state index in [0.29, 0.717) is 12.1 Å². The van der Waals surface area contributed by atoms with E-state index in [1.54, 1.807) is 0 Å². The topological polar surface area (TPSA) is 29.9 Å². The summed E-state index contributed by atoms with van der Waals surface area (Å²) in [6.45, 7) is 7.54. The quantitative estimate of drug-likeness (QED) is 0.831. The molecule has 0 aliphatic carbocycles. The molecule has 1 atom stereocenters. The van der Waals surface area contributed by atoms with Crippen molar-refractivity contribution in [2.45, 2.75) is 45.7 Å². The Labute approximate surface area is 122 Å². The van der Waals surface area contributed by atoms with Gasteiger partial charge in [0.05, 0.1) is 5.69 Å². The molecule has 1 aromatic heterocycles. The summed E-state index contributed by atoms with van der Waals surface area (Å²) in [4.78, 5) is 0. The van der Waals surface area contributed by atoms with Gasteiger partial charge in [0.15, 0.2) is 0 Å². The summed E-state index contributed by atoms with van der Waals surface area (Å²) in [5.74, 6) is 0. The Hall–Kier alpha value is -1.61. The lowest BCUT2D eigenvalue weighted by molar-refractivity contribution is 0.499. The largest absolute Gasteiger partial charge is 0.310 e. The van der Waals surface area contributed by atoms with Crippen LogP contribution in [0, 0.1) is 0 Å². The van der Waals surface area contributed by atoms with E-state index in [0.717, 1.165) is 25.1 Å². The minimum Gasteiger partial charge on any atom is -0.310 e. The number of hydrogen-bond donors (Lipinski definition) is 1. The maximum Gasteiger partial charge on any atom is 0.0643 e. The van der Waals surface area contributed by atoms with Gasteiger partial charge in [-0.15, -0.1) is 0 Å². The summed E-state index contributed by atoms with van der Waals surface area (Å²) in [6.07, 6.45) is 4.15. The fourth-order valence-electron chi connectivity index (χ4n) is 2.29. The van der Waals surface area contributed by atoms with Crippen LogP contribution >= 0.6 is 0 Å². The smallest absolute Gasteiger partial charge is 0.0643 e. The van der Waals surface area contributed by atoms with Gasteiger partial charge in [0.2, 0.25) is 0 Å². The second-order valence-electron chi connectivity index (χ2n) is 5.50. The minimum absolute atomic E-state index is 0.340. The monoisotopic (exact) mass is 271 g/mol. The molecule has 1 heterocycles. The molecule has 0 spiro atoms. The second-order valence-corrected chi connectivity index (χ2v) is 5.50. The predicted molar refractivity (Wildman–Crippen MR) is 83.8 cm³/mol. The van der Waals surface area contributed by atoms with Gasteiger partial charge in [0.1, 0.15) is 0 Å². The van der Waals surface area contributed by atoms with Gasteiger partial charge in [0.25, 0.3) is 0 Å². The lowest BCUT2D eigenvalue weighted by Gasteiger charge is -2.18. The highest BCUT2D eigenvalue weighted by atomic mass is 15.3. The van der Waals surface area contributed by atoms with Crippen molar-refractivity contribution in [3.8, 4) is 0 Å². The molecule has 3 heteroatoms. The zero-order chi connectivity index (χ0) is 14.4. The Kier molecular flexibility index (Phi) is 5.36. The van der Waals surface area contributed by atoms with E-state index in [-0.39, 0.29) is 0 Å². The molecule has 2 aromatic rings. The Morgan fingerprint density at radius 3 is 2.50 bits per heavy atom. The Bertz CT molecular complexity index is 502. The van der Waals surface area contributed by atoms with Crippen molar-refractivity contribution < 1.29 is 0 Å². The molecule has 3 nitrogen and oxygen atoms in total. The average molecular weight is 271 g/mol. The van der Waals surface area contributed by atoms with Gasteiger partial charge in [0, 0.05) is 24.7 Å². The fraction of sp³-hybridized carbons (Fsp3) is 0.471. The summed E-state index contributed by atoms with van der Waals surface area (Å²) < 4.78 is 2.03. The van der Waals surface area contributed by atoms with Gasteiger partial charge in [-0.05, 0) is 38.4 Å². The third kappa shape index (κ3) is 3.94. The molecule has 0 fully saturated rings.